The molecule has 140 valence electrons. The van der Waals surface area contributed by atoms with Gasteiger partial charge in [-0.2, -0.15) is 5.10 Å². The molecule has 5 rings (SSSR count). The number of H-pyrrole nitrogens is 2. The molecule has 1 aromatic carbocycles. The molecule has 3 aromatic heterocycles. The first-order valence-corrected chi connectivity index (χ1v) is 9.00. The molecule has 0 bridgehead atoms. The van der Waals surface area contributed by atoms with Gasteiger partial charge in [-0.15, -0.1) is 0 Å². The van der Waals surface area contributed by atoms with E-state index in [1.54, 1.807) is 23.0 Å². The Morgan fingerprint density at radius 2 is 2.07 bits per heavy atom. The van der Waals surface area contributed by atoms with Gasteiger partial charge in [0, 0.05) is 24.2 Å². The van der Waals surface area contributed by atoms with Crippen molar-refractivity contribution in [2.45, 2.75) is 18.3 Å². The fraction of sp³-hybridized carbons (Fsp3) is 0.158. The van der Waals surface area contributed by atoms with E-state index in [0.717, 1.165) is 17.5 Å². The lowest BCUT2D eigenvalue weighted by Crippen LogP contribution is -2.23. The maximum Gasteiger partial charge on any atom is 0.325 e. The summed E-state index contributed by atoms with van der Waals surface area (Å²) < 4.78 is 15.4. The minimum absolute atomic E-state index is 0.0973. The van der Waals surface area contributed by atoms with Gasteiger partial charge in [0.05, 0.1) is 16.3 Å². The van der Waals surface area contributed by atoms with Gasteiger partial charge < -0.3 is 4.98 Å². The SMILES string of the molecule is O=c1[nH]cc(-c2cc([C@@H]3C[C@H]3c3ccc(Cl)c(F)c3)c3nccn3n2)c(=O)[nH]1. The standard InChI is InChI=1S/C19H13ClFN5O2/c20-14-2-1-9(5-15(14)21)10-6-11(10)12-7-16(25-26-4-3-22-17(12)26)13-8-23-19(28)24-18(13)27/h1-5,7-8,10-11H,6H2,(H2,23,24,27,28)/t10-,11+/m0/s1. The number of aromatic nitrogens is 5. The molecule has 0 aliphatic heterocycles. The quantitative estimate of drug-likeness (QED) is 0.555. The Hall–Kier alpha value is -3.26. The summed E-state index contributed by atoms with van der Waals surface area (Å²) in [5.41, 5.74) is 2.06. The highest BCUT2D eigenvalue weighted by Gasteiger charge is 2.41. The summed E-state index contributed by atoms with van der Waals surface area (Å²) in [6.07, 6.45) is 5.50. The lowest BCUT2D eigenvalue weighted by Gasteiger charge is -2.07. The predicted molar refractivity (Wildman–Crippen MR) is 101 cm³/mol. The second kappa shape index (κ2) is 6.13. The van der Waals surface area contributed by atoms with Crippen LogP contribution in [0.3, 0.4) is 0 Å². The summed E-state index contributed by atoms with van der Waals surface area (Å²) in [6.45, 7) is 0. The lowest BCUT2D eigenvalue weighted by molar-refractivity contribution is 0.626. The summed E-state index contributed by atoms with van der Waals surface area (Å²) in [7, 11) is 0. The van der Waals surface area contributed by atoms with E-state index in [9.17, 15) is 14.0 Å². The normalized spacial score (nSPS) is 18.5. The molecular weight excluding hydrogens is 385 g/mol. The molecule has 1 aliphatic carbocycles. The molecule has 0 spiro atoms. The molecule has 4 aromatic rings. The van der Waals surface area contributed by atoms with Gasteiger partial charge in [-0.3, -0.25) is 9.78 Å². The highest BCUT2D eigenvalue weighted by Crippen LogP contribution is 2.55. The van der Waals surface area contributed by atoms with Crippen molar-refractivity contribution < 1.29 is 4.39 Å². The third-order valence-corrected chi connectivity index (χ3v) is 5.35. The van der Waals surface area contributed by atoms with Gasteiger partial charge in [0.25, 0.3) is 5.56 Å². The molecular formula is C19H13ClFN5O2. The van der Waals surface area contributed by atoms with E-state index in [1.807, 2.05) is 12.1 Å². The summed E-state index contributed by atoms with van der Waals surface area (Å²) in [5.74, 6) is -0.184. The lowest BCUT2D eigenvalue weighted by atomic mass is 10.0. The largest absolute Gasteiger partial charge is 0.325 e. The first-order chi connectivity index (χ1) is 13.5. The number of aromatic amines is 2. The van der Waals surface area contributed by atoms with Crippen molar-refractivity contribution in [3.8, 4) is 11.3 Å². The molecule has 1 fully saturated rings. The molecule has 1 saturated carbocycles. The predicted octanol–water partition coefficient (Wildman–Crippen LogP) is 2.84. The summed E-state index contributed by atoms with van der Waals surface area (Å²) in [6, 6.07) is 6.66. The molecule has 0 saturated heterocycles. The maximum absolute atomic E-state index is 13.8. The molecule has 2 atom stereocenters. The van der Waals surface area contributed by atoms with E-state index >= 15 is 0 Å². The number of imidazole rings is 1. The average Bonchev–Trinajstić information content (AvgIpc) is 3.31. The second-order valence-corrected chi connectivity index (χ2v) is 7.20. The summed E-state index contributed by atoms with van der Waals surface area (Å²) in [4.78, 5) is 32.5. The molecule has 0 unspecified atom stereocenters. The van der Waals surface area contributed by atoms with Gasteiger partial charge in [0.2, 0.25) is 0 Å². The van der Waals surface area contributed by atoms with Crippen molar-refractivity contribution in [3.63, 3.8) is 0 Å². The van der Waals surface area contributed by atoms with E-state index in [0.29, 0.717) is 11.3 Å². The van der Waals surface area contributed by atoms with Crippen LogP contribution < -0.4 is 11.2 Å². The number of hydrogen-bond acceptors (Lipinski definition) is 4. The molecule has 7 nitrogen and oxygen atoms in total. The van der Waals surface area contributed by atoms with Gasteiger partial charge in [0.15, 0.2) is 5.65 Å². The third-order valence-electron chi connectivity index (χ3n) is 5.04. The van der Waals surface area contributed by atoms with Crippen molar-refractivity contribution in [1.29, 1.82) is 0 Å². The minimum atomic E-state index is -0.579. The van der Waals surface area contributed by atoms with Crippen LogP contribution in [-0.2, 0) is 0 Å². The zero-order valence-electron chi connectivity index (χ0n) is 14.3. The van der Waals surface area contributed by atoms with Crippen LogP contribution in [0.1, 0.15) is 29.4 Å². The molecule has 0 amide bonds. The van der Waals surface area contributed by atoms with Crippen molar-refractivity contribution in [2.75, 3.05) is 0 Å². The molecule has 0 radical (unpaired) electrons. The first-order valence-electron chi connectivity index (χ1n) is 8.63. The van der Waals surface area contributed by atoms with Crippen molar-refractivity contribution in [1.82, 2.24) is 24.6 Å². The van der Waals surface area contributed by atoms with E-state index in [-0.39, 0.29) is 22.4 Å². The van der Waals surface area contributed by atoms with Crippen molar-refractivity contribution in [3.05, 3.63) is 85.7 Å². The molecule has 9 heteroatoms. The van der Waals surface area contributed by atoms with E-state index in [4.69, 9.17) is 11.6 Å². The van der Waals surface area contributed by atoms with Crippen molar-refractivity contribution in [2.24, 2.45) is 0 Å². The Balaban J connectivity index is 1.60. The topological polar surface area (TPSA) is 95.9 Å². The maximum atomic E-state index is 13.8. The zero-order valence-corrected chi connectivity index (χ0v) is 15.1. The fourth-order valence-electron chi connectivity index (χ4n) is 3.60. The Morgan fingerprint density at radius 1 is 1.21 bits per heavy atom. The summed E-state index contributed by atoms with van der Waals surface area (Å²) in [5, 5.41) is 4.52. The molecule has 28 heavy (non-hydrogen) atoms. The van der Waals surface area contributed by atoms with Gasteiger partial charge in [0.1, 0.15) is 5.82 Å². The number of rotatable bonds is 3. The fourth-order valence-corrected chi connectivity index (χ4v) is 3.71. The number of benzene rings is 1. The van der Waals surface area contributed by atoms with Gasteiger partial charge in [-0.05, 0) is 42.0 Å². The Morgan fingerprint density at radius 3 is 2.86 bits per heavy atom. The average molecular weight is 398 g/mol. The van der Waals surface area contributed by atoms with Crippen LogP contribution in [-0.4, -0.2) is 24.6 Å². The number of fused-ring (bicyclic) bond motifs is 1. The van der Waals surface area contributed by atoms with E-state index in [1.165, 1.54) is 12.3 Å². The van der Waals surface area contributed by atoms with E-state index in [2.05, 4.69) is 20.1 Å². The molecule has 2 N–H and O–H groups in total. The smallest absolute Gasteiger partial charge is 0.313 e. The third kappa shape index (κ3) is 2.73. The van der Waals surface area contributed by atoms with Crippen LogP contribution >= 0.6 is 11.6 Å². The number of hydrogen-bond donors (Lipinski definition) is 2. The molecule has 3 heterocycles. The first kappa shape index (κ1) is 16.9. The van der Waals surface area contributed by atoms with Crippen LogP contribution in [0.5, 0.6) is 0 Å². The number of nitrogens with zero attached hydrogens (tertiary/aromatic N) is 3. The van der Waals surface area contributed by atoms with Crippen LogP contribution in [0.4, 0.5) is 4.39 Å². The molecule has 1 aliphatic rings. The number of nitrogens with one attached hydrogen (secondary N) is 2. The Kier molecular flexibility index (Phi) is 3.70. The number of halogens is 2. The van der Waals surface area contributed by atoms with Gasteiger partial charge in [-0.25, -0.2) is 18.7 Å². The Bertz CT molecular complexity index is 1340. The second-order valence-electron chi connectivity index (χ2n) is 6.79. The van der Waals surface area contributed by atoms with Crippen LogP contribution in [0.25, 0.3) is 16.9 Å². The minimum Gasteiger partial charge on any atom is -0.313 e. The van der Waals surface area contributed by atoms with Crippen LogP contribution in [0.15, 0.2) is 52.4 Å². The van der Waals surface area contributed by atoms with Gasteiger partial charge >= 0.3 is 5.69 Å². The summed E-state index contributed by atoms with van der Waals surface area (Å²) >= 11 is 5.78. The van der Waals surface area contributed by atoms with E-state index < -0.39 is 17.1 Å². The zero-order chi connectivity index (χ0) is 19.4. The van der Waals surface area contributed by atoms with Gasteiger partial charge in [-0.1, -0.05) is 17.7 Å². The highest BCUT2D eigenvalue weighted by atomic mass is 35.5. The Labute approximate surface area is 161 Å². The van der Waals surface area contributed by atoms with Crippen LogP contribution in [0.2, 0.25) is 5.02 Å². The van der Waals surface area contributed by atoms with Crippen LogP contribution in [0, 0.1) is 5.82 Å². The highest BCUT2D eigenvalue weighted by molar-refractivity contribution is 6.30. The monoisotopic (exact) mass is 397 g/mol. The van der Waals surface area contributed by atoms with Crippen molar-refractivity contribution >= 4 is 17.2 Å².